The van der Waals surface area contributed by atoms with E-state index in [4.69, 9.17) is 9.47 Å². The molecule has 0 bridgehead atoms. The van der Waals surface area contributed by atoms with Crippen LogP contribution in [0.1, 0.15) is 63.9 Å². The number of amides is 1. The summed E-state index contributed by atoms with van der Waals surface area (Å²) in [5.41, 5.74) is 3.76. The number of ketones is 1. The van der Waals surface area contributed by atoms with Crippen LogP contribution in [0.2, 0.25) is 0 Å². The van der Waals surface area contributed by atoms with Crippen LogP contribution in [0.15, 0.2) is 40.7 Å². The maximum Gasteiger partial charge on any atom is 0.308 e. The molecule has 0 unspecified atom stereocenters. The topological polar surface area (TPSA) is 84.9 Å². The Morgan fingerprint density at radius 3 is 2.50 bits per heavy atom. The van der Waals surface area contributed by atoms with Crippen molar-refractivity contribution in [2.75, 3.05) is 20.2 Å². The van der Waals surface area contributed by atoms with Gasteiger partial charge in [-0.3, -0.25) is 14.4 Å². The SMILES string of the molecule is COc1cc([C@@H]2C(C(=O)N3CCCCC3)=C(C)NC3=C2C(=O)CCC3)ccc1OC(C)=O. The molecule has 1 aliphatic carbocycles. The molecule has 7 heteroatoms. The molecule has 1 saturated heterocycles. The Bertz CT molecular complexity index is 1020. The molecular formula is C25H30N2O5. The van der Waals surface area contributed by atoms with Crippen molar-refractivity contribution in [3.8, 4) is 11.5 Å². The van der Waals surface area contributed by atoms with Crippen molar-refractivity contribution in [2.24, 2.45) is 0 Å². The molecule has 1 N–H and O–H groups in total. The molecule has 1 atom stereocenters. The number of carbonyl (C=O) groups excluding carboxylic acids is 3. The summed E-state index contributed by atoms with van der Waals surface area (Å²) in [6, 6.07) is 5.26. The number of nitrogens with one attached hydrogen (secondary N) is 1. The zero-order valence-electron chi connectivity index (χ0n) is 19.0. The molecule has 0 saturated carbocycles. The molecule has 4 rings (SSSR count). The van der Waals surface area contributed by atoms with E-state index in [1.807, 2.05) is 17.9 Å². The van der Waals surface area contributed by atoms with Crippen LogP contribution in [0.25, 0.3) is 0 Å². The first kappa shape index (κ1) is 22.1. The highest BCUT2D eigenvalue weighted by Crippen LogP contribution is 2.44. The minimum atomic E-state index is -0.478. The van der Waals surface area contributed by atoms with Crippen molar-refractivity contribution < 1.29 is 23.9 Å². The first-order valence-electron chi connectivity index (χ1n) is 11.3. The summed E-state index contributed by atoms with van der Waals surface area (Å²) in [4.78, 5) is 40.1. The molecule has 1 fully saturated rings. The smallest absolute Gasteiger partial charge is 0.308 e. The summed E-state index contributed by atoms with van der Waals surface area (Å²) in [7, 11) is 1.51. The molecule has 0 radical (unpaired) electrons. The van der Waals surface area contributed by atoms with Gasteiger partial charge in [-0.15, -0.1) is 0 Å². The van der Waals surface area contributed by atoms with Crippen LogP contribution in [-0.2, 0) is 14.4 Å². The van der Waals surface area contributed by atoms with E-state index in [0.29, 0.717) is 29.1 Å². The first-order valence-corrected chi connectivity index (χ1v) is 11.3. The fourth-order valence-corrected chi connectivity index (χ4v) is 4.97. The van der Waals surface area contributed by atoms with Crippen LogP contribution in [0.3, 0.4) is 0 Å². The second-order valence-electron chi connectivity index (χ2n) is 8.62. The highest BCUT2D eigenvalue weighted by molar-refractivity contribution is 6.05. The van der Waals surface area contributed by atoms with E-state index < -0.39 is 11.9 Å². The first-order chi connectivity index (χ1) is 15.4. The Balaban J connectivity index is 1.82. The molecule has 3 aliphatic rings. The van der Waals surface area contributed by atoms with Crippen LogP contribution in [0.5, 0.6) is 11.5 Å². The molecule has 7 nitrogen and oxygen atoms in total. The van der Waals surface area contributed by atoms with Crippen molar-refractivity contribution in [3.63, 3.8) is 0 Å². The standard InChI is InChI=1S/C25H30N2O5/c1-15-22(25(30)27-12-5-4-6-13-27)23(24-18(26-15)8-7-9-19(24)29)17-10-11-20(32-16(2)28)21(14-17)31-3/h10-11,14,23,26H,4-9,12-13H2,1-3H3/t23-/m1/s1. The average Bonchev–Trinajstić information content (AvgIpc) is 2.78. The minimum absolute atomic E-state index is 0.0207. The number of dihydropyridines is 1. The Morgan fingerprint density at radius 1 is 1.06 bits per heavy atom. The summed E-state index contributed by atoms with van der Waals surface area (Å²) in [6.07, 6.45) is 5.18. The van der Waals surface area contributed by atoms with Gasteiger partial charge in [0.15, 0.2) is 17.3 Å². The Labute approximate surface area is 188 Å². The largest absolute Gasteiger partial charge is 0.493 e. The van der Waals surface area contributed by atoms with Gasteiger partial charge >= 0.3 is 5.97 Å². The molecule has 2 aliphatic heterocycles. The molecule has 170 valence electrons. The van der Waals surface area contributed by atoms with Gasteiger partial charge in [-0.25, -0.2) is 0 Å². The summed E-state index contributed by atoms with van der Waals surface area (Å²) in [6.45, 7) is 4.71. The van der Waals surface area contributed by atoms with Gasteiger partial charge in [0.2, 0.25) is 0 Å². The van der Waals surface area contributed by atoms with Crippen molar-refractivity contribution in [1.82, 2.24) is 10.2 Å². The highest BCUT2D eigenvalue weighted by atomic mass is 16.6. The molecule has 0 spiro atoms. The van der Waals surface area contributed by atoms with E-state index in [1.165, 1.54) is 14.0 Å². The normalized spacial score (nSPS) is 21.2. The number of rotatable bonds is 4. The third-order valence-electron chi connectivity index (χ3n) is 6.42. The van der Waals surface area contributed by atoms with E-state index in [2.05, 4.69) is 5.32 Å². The Kier molecular flexibility index (Phi) is 6.35. The number of allylic oxidation sites excluding steroid dienone is 3. The lowest BCUT2D eigenvalue weighted by atomic mass is 9.74. The van der Waals surface area contributed by atoms with E-state index in [0.717, 1.165) is 62.2 Å². The second-order valence-corrected chi connectivity index (χ2v) is 8.62. The van der Waals surface area contributed by atoms with E-state index in [9.17, 15) is 14.4 Å². The lowest BCUT2D eigenvalue weighted by Crippen LogP contribution is -2.42. The fraction of sp³-hybridized carbons (Fsp3) is 0.480. The number of hydrogen-bond donors (Lipinski definition) is 1. The van der Waals surface area contributed by atoms with Crippen LogP contribution < -0.4 is 14.8 Å². The Morgan fingerprint density at radius 2 is 1.81 bits per heavy atom. The number of piperidine rings is 1. The summed E-state index contributed by atoms with van der Waals surface area (Å²) in [5, 5.41) is 3.37. The maximum atomic E-state index is 13.7. The van der Waals surface area contributed by atoms with Crippen molar-refractivity contribution in [1.29, 1.82) is 0 Å². The van der Waals surface area contributed by atoms with Gasteiger partial charge in [0.05, 0.1) is 7.11 Å². The van der Waals surface area contributed by atoms with Gasteiger partial charge < -0.3 is 19.7 Å². The van der Waals surface area contributed by atoms with Crippen molar-refractivity contribution in [2.45, 2.75) is 58.3 Å². The fourth-order valence-electron chi connectivity index (χ4n) is 4.97. The zero-order chi connectivity index (χ0) is 22.8. The third kappa shape index (κ3) is 4.16. The van der Waals surface area contributed by atoms with Gasteiger partial charge in [-0.2, -0.15) is 0 Å². The van der Waals surface area contributed by atoms with Gasteiger partial charge in [0, 0.05) is 54.9 Å². The highest BCUT2D eigenvalue weighted by Gasteiger charge is 2.40. The predicted octanol–water partition coefficient (Wildman–Crippen LogP) is 3.60. The van der Waals surface area contributed by atoms with E-state index in [1.54, 1.807) is 12.1 Å². The zero-order valence-corrected chi connectivity index (χ0v) is 19.0. The lowest BCUT2D eigenvalue weighted by Gasteiger charge is -2.37. The van der Waals surface area contributed by atoms with E-state index >= 15 is 0 Å². The second kappa shape index (κ2) is 9.18. The van der Waals surface area contributed by atoms with Crippen LogP contribution in [-0.4, -0.2) is 42.8 Å². The molecule has 1 aromatic carbocycles. The number of carbonyl (C=O) groups is 3. The lowest BCUT2D eigenvalue weighted by molar-refractivity contribution is -0.132. The van der Waals surface area contributed by atoms with Crippen molar-refractivity contribution >= 4 is 17.7 Å². The molecule has 2 heterocycles. The molecule has 32 heavy (non-hydrogen) atoms. The number of esters is 1. The number of likely N-dealkylation sites (tertiary alicyclic amines) is 1. The number of Topliss-reactive ketones (excluding diaryl/α,β-unsaturated/α-hetero) is 1. The van der Waals surface area contributed by atoms with Crippen LogP contribution >= 0.6 is 0 Å². The van der Waals surface area contributed by atoms with Crippen LogP contribution in [0.4, 0.5) is 0 Å². The molecule has 1 aromatic rings. The summed E-state index contributed by atoms with van der Waals surface area (Å²) < 4.78 is 10.7. The number of methoxy groups -OCH3 is 1. The van der Waals surface area contributed by atoms with E-state index in [-0.39, 0.29) is 11.7 Å². The monoisotopic (exact) mass is 438 g/mol. The summed E-state index contributed by atoms with van der Waals surface area (Å²) in [5.74, 6) is -0.165. The quantitative estimate of drug-likeness (QED) is 0.571. The van der Waals surface area contributed by atoms with Gasteiger partial charge in [0.1, 0.15) is 0 Å². The van der Waals surface area contributed by atoms with Gasteiger partial charge in [0.25, 0.3) is 5.91 Å². The average molecular weight is 439 g/mol. The third-order valence-corrected chi connectivity index (χ3v) is 6.42. The predicted molar refractivity (Wildman–Crippen MR) is 119 cm³/mol. The molecule has 1 amide bonds. The number of hydrogen-bond acceptors (Lipinski definition) is 6. The summed E-state index contributed by atoms with van der Waals surface area (Å²) >= 11 is 0. The number of nitrogens with zero attached hydrogens (tertiary/aromatic N) is 1. The van der Waals surface area contributed by atoms with Crippen LogP contribution in [0, 0.1) is 0 Å². The minimum Gasteiger partial charge on any atom is -0.493 e. The molecular weight excluding hydrogens is 408 g/mol. The molecule has 0 aromatic heterocycles. The van der Waals surface area contributed by atoms with Gasteiger partial charge in [-0.05, 0) is 56.7 Å². The van der Waals surface area contributed by atoms with Gasteiger partial charge in [-0.1, -0.05) is 6.07 Å². The van der Waals surface area contributed by atoms with Crippen molar-refractivity contribution in [3.05, 3.63) is 46.3 Å². The Hall–Kier alpha value is -3.09. The maximum absolute atomic E-state index is 13.7. The number of ether oxygens (including phenoxy) is 2. The number of benzene rings is 1.